The summed E-state index contributed by atoms with van der Waals surface area (Å²) >= 11 is 0. The first-order valence-electron chi connectivity index (χ1n) is 7.56. The quantitative estimate of drug-likeness (QED) is 0.661. The first kappa shape index (κ1) is 16.5. The van der Waals surface area contributed by atoms with Gasteiger partial charge in [0.15, 0.2) is 0 Å². The van der Waals surface area contributed by atoms with Gasteiger partial charge in [-0.3, -0.25) is 0 Å². The van der Waals surface area contributed by atoms with E-state index in [2.05, 4.69) is 15.2 Å². The number of carbonyl (C=O) groups is 1. The lowest BCUT2D eigenvalue weighted by molar-refractivity contribution is 0.0510. The van der Waals surface area contributed by atoms with Crippen LogP contribution in [0.2, 0.25) is 0 Å². The third-order valence-corrected chi connectivity index (χ3v) is 3.22. The monoisotopic (exact) mass is 339 g/mol. The number of hydrogen-bond donors (Lipinski definition) is 0. The number of carbonyl (C=O) groups excluding carboxylic acids is 1. The van der Waals surface area contributed by atoms with Crippen molar-refractivity contribution in [2.45, 2.75) is 6.92 Å². The molecule has 0 unspecified atom stereocenters. The lowest BCUT2D eigenvalue weighted by Gasteiger charge is -2.07. The number of esters is 1. The van der Waals surface area contributed by atoms with E-state index in [0.717, 1.165) is 5.56 Å². The summed E-state index contributed by atoms with van der Waals surface area (Å²) in [5.74, 6) is 0.0842. The highest BCUT2D eigenvalue weighted by molar-refractivity contribution is 5.85. The number of ether oxygens (including phenoxy) is 2. The molecule has 0 aliphatic rings. The fourth-order valence-corrected chi connectivity index (χ4v) is 2.06. The van der Waals surface area contributed by atoms with Crippen LogP contribution in [-0.4, -0.2) is 27.8 Å². The van der Waals surface area contributed by atoms with Crippen LogP contribution in [0.5, 0.6) is 11.5 Å². The summed E-state index contributed by atoms with van der Waals surface area (Å²) in [5.41, 5.74) is 1.23. The first-order valence-corrected chi connectivity index (χ1v) is 7.56. The zero-order valence-corrected chi connectivity index (χ0v) is 13.3. The molecular formula is C18H14FN3O3. The molecule has 2 aromatic carbocycles. The predicted molar refractivity (Wildman–Crippen MR) is 87.7 cm³/mol. The zero-order valence-electron chi connectivity index (χ0n) is 13.3. The number of hydrogen-bond acceptors (Lipinski definition) is 6. The Hall–Kier alpha value is -3.35. The molecule has 0 amide bonds. The molecule has 0 aliphatic heterocycles. The molecule has 126 valence electrons. The van der Waals surface area contributed by atoms with E-state index in [0.29, 0.717) is 17.2 Å². The normalized spacial score (nSPS) is 10.3. The number of rotatable bonds is 5. The SMILES string of the molecule is CCOC(=O)c1nncc(-c2ccc(Oc3ccc(F)cc3)cc2)n1. The van der Waals surface area contributed by atoms with Crippen LogP contribution in [0, 0.1) is 5.82 Å². The molecule has 0 saturated carbocycles. The summed E-state index contributed by atoms with van der Waals surface area (Å²) in [6.07, 6.45) is 1.46. The van der Waals surface area contributed by atoms with E-state index in [9.17, 15) is 9.18 Å². The van der Waals surface area contributed by atoms with E-state index in [-0.39, 0.29) is 18.2 Å². The summed E-state index contributed by atoms with van der Waals surface area (Å²) in [6, 6.07) is 12.8. The van der Waals surface area contributed by atoms with Crippen molar-refractivity contribution < 1.29 is 18.7 Å². The molecule has 0 aliphatic carbocycles. The van der Waals surface area contributed by atoms with Crippen molar-refractivity contribution in [2.24, 2.45) is 0 Å². The van der Waals surface area contributed by atoms with Crippen molar-refractivity contribution in [3.05, 3.63) is 66.4 Å². The van der Waals surface area contributed by atoms with Crippen LogP contribution < -0.4 is 4.74 Å². The Morgan fingerprint density at radius 2 is 1.68 bits per heavy atom. The Kier molecular flexibility index (Phi) is 4.94. The second-order valence-corrected chi connectivity index (χ2v) is 4.97. The van der Waals surface area contributed by atoms with E-state index in [4.69, 9.17) is 9.47 Å². The summed E-state index contributed by atoms with van der Waals surface area (Å²) in [4.78, 5) is 15.8. The fraction of sp³-hybridized carbons (Fsp3) is 0.111. The van der Waals surface area contributed by atoms with Crippen LogP contribution in [0.1, 0.15) is 17.5 Å². The highest BCUT2D eigenvalue weighted by Gasteiger charge is 2.12. The minimum absolute atomic E-state index is 0.0917. The Morgan fingerprint density at radius 3 is 2.32 bits per heavy atom. The number of aromatic nitrogens is 3. The molecular weight excluding hydrogens is 325 g/mol. The Labute approximate surface area is 143 Å². The lowest BCUT2D eigenvalue weighted by atomic mass is 10.1. The molecule has 6 nitrogen and oxygen atoms in total. The molecule has 3 aromatic rings. The van der Waals surface area contributed by atoms with Gasteiger partial charge < -0.3 is 9.47 Å². The maximum atomic E-state index is 12.9. The minimum atomic E-state index is -0.617. The Morgan fingerprint density at radius 1 is 1.04 bits per heavy atom. The second kappa shape index (κ2) is 7.48. The van der Waals surface area contributed by atoms with Crippen molar-refractivity contribution in [1.82, 2.24) is 15.2 Å². The van der Waals surface area contributed by atoms with E-state index in [1.54, 1.807) is 43.3 Å². The smallest absolute Gasteiger partial charge is 0.378 e. The van der Waals surface area contributed by atoms with Gasteiger partial charge in [0.1, 0.15) is 17.3 Å². The lowest BCUT2D eigenvalue weighted by Crippen LogP contribution is -2.11. The molecule has 7 heteroatoms. The molecule has 0 fully saturated rings. The number of benzene rings is 2. The van der Waals surface area contributed by atoms with Crippen LogP contribution in [-0.2, 0) is 4.74 Å². The highest BCUT2D eigenvalue weighted by atomic mass is 19.1. The largest absolute Gasteiger partial charge is 0.460 e. The van der Waals surface area contributed by atoms with E-state index < -0.39 is 5.97 Å². The topological polar surface area (TPSA) is 74.2 Å². The van der Waals surface area contributed by atoms with Crippen LogP contribution in [0.4, 0.5) is 4.39 Å². The molecule has 0 radical (unpaired) electrons. The van der Waals surface area contributed by atoms with Gasteiger partial charge in [0.25, 0.3) is 5.82 Å². The summed E-state index contributed by atoms with van der Waals surface area (Å²) in [6.45, 7) is 1.94. The number of nitrogens with zero attached hydrogens (tertiary/aromatic N) is 3. The van der Waals surface area contributed by atoms with Gasteiger partial charge in [-0.25, -0.2) is 14.2 Å². The van der Waals surface area contributed by atoms with Crippen LogP contribution in [0.3, 0.4) is 0 Å². The molecule has 1 aromatic heterocycles. The van der Waals surface area contributed by atoms with Gasteiger partial charge in [-0.15, -0.1) is 5.10 Å². The zero-order chi connectivity index (χ0) is 17.6. The third kappa shape index (κ3) is 4.14. The van der Waals surface area contributed by atoms with Crippen LogP contribution >= 0.6 is 0 Å². The molecule has 1 heterocycles. The average molecular weight is 339 g/mol. The molecule has 0 saturated heterocycles. The van der Waals surface area contributed by atoms with Gasteiger partial charge in [0.05, 0.1) is 18.5 Å². The molecule has 0 bridgehead atoms. The molecule has 0 atom stereocenters. The van der Waals surface area contributed by atoms with E-state index in [1.807, 2.05) is 0 Å². The van der Waals surface area contributed by atoms with Crippen LogP contribution in [0.25, 0.3) is 11.3 Å². The van der Waals surface area contributed by atoms with E-state index in [1.165, 1.54) is 18.3 Å². The Bertz CT molecular complexity index is 867. The summed E-state index contributed by atoms with van der Waals surface area (Å²) in [7, 11) is 0. The Balaban J connectivity index is 1.77. The van der Waals surface area contributed by atoms with Gasteiger partial charge in [-0.05, 0) is 55.5 Å². The van der Waals surface area contributed by atoms with Crippen LogP contribution in [0.15, 0.2) is 54.7 Å². The maximum absolute atomic E-state index is 12.9. The van der Waals surface area contributed by atoms with Crippen molar-refractivity contribution in [3.8, 4) is 22.8 Å². The van der Waals surface area contributed by atoms with E-state index >= 15 is 0 Å². The van der Waals surface area contributed by atoms with Gasteiger partial charge in [-0.2, -0.15) is 5.10 Å². The molecule has 0 spiro atoms. The van der Waals surface area contributed by atoms with Crippen molar-refractivity contribution in [3.63, 3.8) is 0 Å². The number of halogens is 1. The second-order valence-electron chi connectivity index (χ2n) is 4.97. The minimum Gasteiger partial charge on any atom is -0.460 e. The summed E-state index contributed by atoms with van der Waals surface area (Å²) < 4.78 is 23.4. The first-order chi connectivity index (χ1) is 12.2. The maximum Gasteiger partial charge on any atom is 0.378 e. The standard InChI is InChI=1S/C18H14FN3O3/c1-2-24-18(23)17-21-16(11-20-22-17)12-3-7-14(8-4-12)25-15-9-5-13(19)6-10-15/h3-11H,2H2,1H3. The van der Waals surface area contributed by atoms with Gasteiger partial charge in [0, 0.05) is 5.56 Å². The van der Waals surface area contributed by atoms with Gasteiger partial charge in [-0.1, -0.05) is 0 Å². The van der Waals surface area contributed by atoms with Gasteiger partial charge >= 0.3 is 5.97 Å². The summed E-state index contributed by atoms with van der Waals surface area (Å²) in [5, 5.41) is 7.46. The fourth-order valence-electron chi connectivity index (χ4n) is 2.06. The molecule has 0 N–H and O–H groups in total. The van der Waals surface area contributed by atoms with Crippen molar-refractivity contribution in [1.29, 1.82) is 0 Å². The third-order valence-electron chi connectivity index (χ3n) is 3.22. The highest BCUT2D eigenvalue weighted by Crippen LogP contribution is 2.24. The predicted octanol–water partition coefficient (Wildman–Crippen LogP) is 3.65. The van der Waals surface area contributed by atoms with Gasteiger partial charge in [0.2, 0.25) is 0 Å². The molecule has 3 rings (SSSR count). The average Bonchev–Trinajstić information content (AvgIpc) is 2.65. The molecule has 25 heavy (non-hydrogen) atoms. The van der Waals surface area contributed by atoms with Crippen molar-refractivity contribution in [2.75, 3.05) is 6.61 Å². The van der Waals surface area contributed by atoms with Crippen molar-refractivity contribution >= 4 is 5.97 Å².